The fourth-order valence-electron chi connectivity index (χ4n) is 1.98. The number of primary amides is 1. The second-order valence-corrected chi connectivity index (χ2v) is 4.66. The first kappa shape index (κ1) is 16.2. The van der Waals surface area contributed by atoms with Crippen molar-refractivity contribution in [3.05, 3.63) is 77.1 Å². The number of pyridine rings is 1. The zero-order chi connectivity index (χ0) is 16.7. The average molecular weight is 308 g/mol. The zero-order valence-corrected chi connectivity index (χ0v) is 12.6. The van der Waals surface area contributed by atoms with Gasteiger partial charge in [0.25, 0.3) is 0 Å². The van der Waals surface area contributed by atoms with E-state index in [0.717, 1.165) is 5.56 Å². The van der Waals surface area contributed by atoms with E-state index < -0.39 is 11.9 Å². The number of ether oxygens (including phenoxy) is 1. The highest BCUT2D eigenvalue weighted by Crippen LogP contribution is 2.19. The van der Waals surface area contributed by atoms with Crippen LogP contribution in [0.1, 0.15) is 11.1 Å². The number of nitrogens with zero attached hydrogens (tertiary/aromatic N) is 1. The molecule has 0 unspecified atom stereocenters. The van der Waals surface area contributed by atoms with Crippen LogP contribution in [0.2, 0.25) is 0 Å². The van der Waals surface area contributed by atoms with Crippen molar-refractivity contribution < 1.29 is 14.3 Å². The fourth-order valence-corrected chi connectivity index (χ4v) is 1.98. The number of nitrogens with two attached hydrogens (primary N) is 1. The van der Waals surface area contributed by atoms with Crippen molar-refractivity contribution in [1.29, 1.82) is 0 Å². The van der Waals surface area contributed by atoms with E-state index in [4.69, 9.17) is 10.5 Å². The lowest BCUT2D eigenvalue weighted by Crippen LogP contribution is -2.20. The van der Waals surface area contributed by atoms with Gasteiger partial charge in [-0.15, -0.1) is 0 Å². The molecule has 1 heterocycles. The molecule has 0 aliphatic rings. The molecule has 116 valence electrons. The van der Waals surface area contributed by atoms with Gasteiger partial charge in [0.05, 0.1) is 18.3 Å². The molecule has 0 bridgehead atoms. The van der Waals surface area contributed by atoms with E-state index in [1.165, 1.54) is 13.2 Å². The van der Waals surface area contributed by atoms with Crippen molar-refractivity contribution in [2.24, 2.45) is 5.73 Å². The van der Waals surface area contributed by atoms with E-state index in [9.17, 15) is 9.59 Å². The maximum atomic E-state index is 12.1. The summed E-state index contributed by atoms with van der Waals surface area (Å²) in [6, 6.07) is 12.6. The molecule has 1 aromatic heterocycles. The Hall–Kier alpha value is -3.21. The second-order valence-electron chi connectivity index (χ2n) is 4.66. The maximum absolute atomic E-state index is 12.1. The summed E-state index contributed by atoms with van der Waals surface area (Å²) in [7, 11) is 1.26. The molecule has 0 fully saturated rings. The van der Waals surface area contributed by atoms with E-state index in [0.29, 0.717) is 5.56 Å². The predicted octanol–water partition coefficient (Wildman–Crippen LogP) is 2.21. The largest absolute Gasteiger partial charge is 0.465 e. The molecule has 0 saturated carbocycles. The average Bonchev–Trinajstić information content (AvgIpc) is 2.59. The molecule has 0 aliphatic heterocycles. The summed E-state index contributed by atoms with van der Waals surface area (Å²) >= 11 is 0. The highest BCUT2D eigenvalue weighted by molar-refractivity contribution is 6.13. The van der Waals surface area contributed by atoms with Crippen LogP contribution >= 0.6 is 0 Å². The molecular formula is C18H16N2O3. The number of aromatic nitrogens is 1. The minimum absolute atomic E-state index is 0.0758. The van der Waals surface area contributed by atoms with Gasteiger partial charge in [-0.05, 0) is 35.4 Å². The van der Waals surface area contributed by atoms with Crippen molar-refractivity contribution in [2.45, 2.75) is 0 Å². The van der Waals surface area contributed by atoms with Crippen LogP contribution in [0.15, 0.2) is 66.0 Å². The number of amides is 1. The lowest BCUT2D eigenvalue weighted by Gasteiger charge is -2.08. The Morgan fingerprint density at radius 1 is 0.957 bits per heavy atom. The van der Waals surface area contributed by atoms with Gasteiger partial charge in [-0.25, -0.2) is 4.79 Å². The Morgan fingerprint density at radius 2 is 1.52 bits per heavy atom. The Balaban J connectivity index is 2.55. The number of esters is 1. The second kappa shape index (κ2) is 7.70. The lowest BCUT2D eigenvalue weighted by molar-refractivity contribution is -0.136. The Bertz CT molecular complexity index is 750. The number of rotatable bonds is 5. The van der Waals surface area contributed by atoms with E-state index in [1.54, 1.807) is 30.6 Å². The molecule has 0 spiro atoms. The number of hydrogen-bond acceptors (Lipinski definition) is 4. The van der Waals surface area contributed by atoms with Gasteiger partial charge >= 0.3 is 5.97 Å². The molecule has 0 radical (unpaired) electrons. The van der Waals surface area contributed by atoms with E-state index in [2.05, 4.69) is 4.98 Å². The van der Waals surface area contributed by atoms with Crippen molar-refractivity contribution in [1.82, 2.24) is 4.98 Å². The molecule has 1 aromatic carbocycles. The monoisotopic (exact) mass is 308 g/mol. The highest BCUT2D eigenvalue weighted by atomic mass is 16.5. The number of hydrogen-bond donors (Lipinski definition) is 1. The summed E-state index contributed by atoms with van der Waals surface area (Å²) in [5.41, 5.74) is 7.10. The standard InChI is InChI=1S/C18H16N2O3/c1-23-18(22)16(12-13-5-3-2-4-6-13)15(17(19)21)11-14-7-9-20-10-8-14/h2-12H,1H3,(H2,19,21)/b15-11+,16-12-. The van der Waals surface area contributed by atoms with E-state index in [-0.39, 0.29) is 11.1 Å². The quantitative estimate of drug-likeness (QED) is 0.521. The van der Waals surface area contributed by atoms with Crippen molar-refractivity contribution >= 4 is 24.0 Å². The smallest absolute Gasteiger partial charge is 0.338 e. The van der Waals surface area contributed by atoms with Crippen LogP contribution in [-0.2, 0) is 14.3 Å². The van der Waals surface area contributed by atoms with Crippen molar-refractivity contribution in [3.8, 4) is 0 Å². The molecular weight excluding hydrogens is 292 g/mol. The third-order valence-corrected chi connectivity index (χ3v) is 3.09. The molecule has 23 heavy (non-hydrogen) atoms. The lowest BCUT2D eigenvalue weighted by atomic mass is 10.00. The molecule has 5 heteroatoms. The minimum atomic E-state index is -0.714. The predicted molar refractivity (Wildman–Crippen MR) is 87.8 cm³/mol. The summed E-state index contributed by atoms with van der Waals surface area (Å²) in [6.45, 7) is 0. The van der Waals surface area contributed by atoms with E-state index in [1.807, 2.05) is 30.3 Å². The van der Waals surface area contributed by atoms with Crippen LogP contribution in [0.5, 0.6) is 0 Å². The summed E-state index contributed by atoms with van der Waals surface area (Å²) in [5.74, 6) is -1.35. The van der Waals surface area contributed by atoms with Crippen LogP contribution in [0.3, 0.4) is 0 Å². The van der Waals surface area contributed by atoms with Crippen LogP contribution in [0.4, 0.5) is 0 Å². The first-order valence-corrected chi connectivity index (χ1v) is 6.89. The minimum Gasteiger partial charge on any atom is -0.465 e. The maximum Gasteiger partial charge on any atom is 0.338 e. The number of carbonyl (C=O) groups excluding carboxylic acids is 2. The van der Waals surface area contributed by atoms with Gasteiger partial charge in [-0.1, -0.05) is 30.3 Å². The third-order valence-electron chi connectivity index (χ3n) is 3.09. The summed E-state index contributed by atoms with van der Waals surface area (Å²) < 4.78 is 4.79. The van der Waals surface area contributed by atoms with Gasteiger partial charge in [-0.3, -0.25) is 9.78 Å². The molecule has 2 rings (SSSR count). The third kappa shape index (κ3) is 4.38. The van der Waals surface area contributed by atoms with Crippen LogP contribution in [-0.4, -0.2) is 24.0 Å². The zero-order valence-electron chi connectivity index (χ0n) is 12.6. The molecule has 2 N–H and O–H groups in total. The number of benzene rings is 1. The molecule has 0 aliphatic carbocycles. The normalized spacial score (nSPS) is 11.9. The Morgan fingerprint density at radius 3 is 2.09 bits per heavy atom. The first-order valence-electron chi connectivity index (χ1n) is 6.89. The first-order chi connectivity index (χ1) is 11.1. The van der Waals surface area contributed by atoms with E-state index >= 15 is 0 Å². The SMILES string of the molecule is COC(=O)C(=C\c1ccccc1)/C(=C\c1ccncc1)C(N)=O. The molecule has 2 aromatic rings. The Kier molecular flexibility index (Phi) is 5.41. The summed E-state index contributed by atoms with van der Waals surface area (Å²) in [5, 5.41) is 0. The van der Waals surface area contributed by atoms with Crippen LogP contribution in [0, 0.1) is 0 Å². The molecule has 1 amide bonds. The van der Waals surface area contributed by atoms with Crippen molar-refractivity contribution in [2.75, 3.05) is 7.11 Å². The summed E-state index contributed by atoms with van der Waals surface area (Å²) in [6.07, 6.45) is 6.28. The van der Waals surface area contributed by atoms with Gasteiger partial charge in [0.2, 0.25) is 5.91 Å². The van der Waals surface area contributed by atoms with Crippen molar-refractivity contribution in [3.63, 3.8) is 0 Å². The van der Waals surface area contributed by atoms with Gasteiger partial charge in [-0.2, -0.15) is 0 Å². The van der Waals surface area contributed by atoms with Crippen LogP contribution < -0.4 is 5.73 Å². The fraction of sp³-hybridized carbons (Fsp3) is 0.0556. The van der Waals surface area contributed by atoms with Gasteiger partial charge < -0.3 is 10.5 Å². The summed E-state index contributed by atoms with van der Waals surface area (Å²) in [4.78, 5) is 27.9. The highest BCUT2D eigenvalue weighted by Gasteiger charge is 2.19. The van der Waals surface area contributed by atoms with Gasteiger partial charge in [0.1, 0.15) is 0 Å². The van der Waals surface area contributed by atoms with Gasteiger partial charge in [0.15, 0.2) is 0 Å². The van der Waals surface area contributed by atoms with Crippen LogP contribution in [0.25, 0.3) is 12.2 Å². The molecule has 0 saturated heterocycles. The number of carbonyl (C=O) groups is 2. The molecule has 5 nitrogen and oxygen atoms in total. The number of methoxy groups -OCH3 is 1. The van der Waals surface area contributed by atoms with Gasteiger partial charge in [0, 0.05) is 12.4 Å². The topological polar surface area (TPSA) is 82.3 Å². The molecule has 0 atom stereocenters. The Labute approximate surface area is 134 Å².